The van der Waals surface area contributed by atoms with E-state index in [0.29, 0.717) is 25.9 Å². The Balaban J connectivity index is 2.61. The number of hydrogen-bond acceptors (Lipinski definition) is 4. The maximum atomic E-state index is 11.4. The number of carbonyl (C=O) groups is 3. The summed E-state index contributed by atoms with van der Waals surface area (Å²) in [5.74, 6) is -1.34. The largest absolute Gasteiger partial charge is 0.466 e. The van der Waals surface area contributed by atoms with Gasteiger partial charge >= 0.3 is 5.97 Å². The average Bonchev–Trinajstić information content (AvgIpc) is 2.18. The van der Waals surface area contributed by atoms with Crippen LogP contribution in [0.25, 0.3) is 0 Å². The molecule has 0 bridgehead atoms. The lowest BCUT2D eigenvalue weighted by Crippen LogP contribution is -2.33. The molecule has 0 aromatic carbocycles. The number of rotatable bonds is 3. The highest BCUT2D eigenvalue weighted by atomic mass is 16.5. The molecule has 0 saturated heterocycles. The SMILES string of the molecule is CCOC(=O)[C@H]1CCC(=O)[C@H](C(C)=O)C1. The minimum Gasteiger partial charge on any atom is -0.466 e. The van der Waals surface area contributed by atoms with E-state index in [9.17, 15) is 14.4 Å². The molecule has 4 heteroatoms. The average molecular weight is 212 g/mol. The van der Waals surface area contributed by atoms with Gasteiger partial charge in [0.25, 0.3) is 0 Å². The van der Waals surface area contributed by atoms with E-state index in [2.05, 4.69) is 0 Å². The lowest BCUT2D eigenvalue weighted by molar-refractivity contribution is -0.151. The molecule has 0 unspecified atom stereocenters. The Morgan fingerprint density at radius 1 is 1.47 bits per heavy atom. The lowest BCUT2D eigenvalue weighted by atomic mass is 9.79. The Kier molecular flexibility index (Phi) is 4.00. The molecule has 1 aliphatic carbocycles. The zero-order valence-electron chi connectivity index (χ0n) is 9.12. The molecule has 0 heterocycles. The normalized spacial score (nSPS) is 26.1. The Bertz CT molecular complexity index is 282. The third kappa shape index (κ3) is 2.88. The number of ketones is 2. The molecule has 15 heavy (non-hydrogen) atoms. The first kappa shape index (κ1) is 11.9. The van der Waals surface area contributed by atoms with E-state index in [4.69, 9.17) is 4.74 Å². The van der Waals surface area contributed by atoms with Gasteiger partial charge in [0.05, 0.1) is 18.4 Å². The molecule has 1 aliphatic rings. The summed E-state index contributed by atoms with van der Waals surface area (Å²) in [7, 11) is 0. The van der Waals surface area contributed by atoms with Gasteiger partial charge in [0.2, 0.25) is 0 Å². The summed E-state index contributed by atoms with van der Waals surface area (Å²) >= 11 is 0. The molecule has 2 atom stereocenters. The minimum absolute atomic E-state index is 0.0388. The number of esters is 1. The third-order valence-electron chi connectivity index (χ3n) is 2.76. The predicted octanol–water partition coefficient (Wildman–Crippen LogP) is 1.12. The van der Waals surface area contributed by atoms with E-state index < -0.39 is 5.92 Å². The minimum atomic E-state index is -0.590. The summed E-state index contributed by atoms with van der Waals surface area (Å²) < 4.78 is 4.88. The second-order valence-corrected chi connectivity index (χ2v) is 3.85. The fourth-order valence-corrected chi connectivity index (χ4v) is 1.89. The molecule has 0 aromatic heterocycles. The summed E-state index contributed by atoms with van der Waals surface area (Å²) in [5.41, 5.74) is 0. The van der Waals surface area contributed by atoms with Crippen LogP contribution in [0, 0.1) is 11.8 Å². The van der Waals surface area contributed by atoms with Crippen molar-refractivity contribution in [2.75, 3.05) is 6.61 Å². The molecule has 0 amide bonds. The molecule has 0 spiro atoms. The van der Waals surface area contributed by atoms with Gasteiger partial charge in [-0.1, -0.05) is 0 Å². The Morgan fingerprint density at radius 2 is 2.13 bits per heavy atom. The van der Waals surface area contributed by atoms with Crippen LogP contribution in [0.2, 0.25) is 0 Å². The number of carbonyl (C=O) groups excluding carboxylic acids is 3. The highest BCUT2D eigenvalue weighted by Gasteiger charge is 2.35. The van der Waals surface area contributed by atoms with Gasteiger partial charge in [-0.2, -0.15) is 0 Å². The van der Waals surface area contributed by atoms with E-state index in [1.807, 2.05) is 0 Å². The quantitative estimate of drug-likeness (QED) is 0.519. The molecule has 4 nitrogen and oxygen atoms in total. The second-order valence-electron chi connectivity index (χ2n) is 3.85. The van der Waals surface area contributed by atoms with Crippen molar-refractivity contribution >= 4 is 17.5 Å². The van der Waals surface area contributed by atoms with Gasteiger partial charge in [0, 0.05) is 6.42 Å². The first-order valence-electron chi connectivity index (χ1n) is 5.26. The summed E-state index contributed by atoms with van der Waals surface area (Å²) in [6.07, 6.45) is 1.15. The van der Waals surface area contributed by atoms with Gasteiger partial charge in [-0.3, -0.25) is 14.4 Å². The molecule has 0 N–H and O–H groups in total. The Morgan fingerprint density at radius 3 is 2.67 bits per heavy atom. The fourth-order valence-electron chi connectivity index (χ4n) is 1.89. The van der Waals surface area contributed by atoms with Crippen molar-refractivity contribution in [3.8, 4) is 0 Å². The van der Waals surface area contributed by atoms with Crippen LogP contribution in [0.4, 0.5) is 0 Å². The van der Waals surface area contributed by atoms with E-state index >= 15 is 0 Å². The molecular formula is C11H16O4. The monoisotopic (exact) mass is 212 g/mol. The van der Waals surface area contributed by atoms with Crippen molar-refractivity contribution in [1.29, 1.82) is 0 Å². The lowest BCUT2D eigenvalue weighted by Gasteiger charge is -2.24. The molecule has 0 aromatic rings. The van der Waals surface area contributed by atoms with Gasteiger partial charge in [0.1, 0.15) is 11.6 Å². The molecule has 0 radical (unpaired) electrons. The Labute approximate surface area is 89.0 Å². The van der Waals surface area contributed by atoms with Gasteiger partial charge in [-0.25, -0.2) is 0 Å². The van der Waals surface area contributed by atoms with Gasteiger partial charge in [-0.05, 0) is 26.7 Å². The van der Waals surface area contributed by atoms with E-state index in [-0.39, 0.29) is 23.5 Å². The maximum Gasteiger partial charge on any atom is 0.308 e. The van der Waals surface area contributed by atoms with Crippen LogP contribution in [0.1, 0.15) is 33.1 Å². The van der Waals surface area contributed by atoms with E-state index in [1.165, 1.54) is 6.92 Å². The summed E-state index contributed by atoms with van der Waals surface area (Å²) in [4.78, 5) is 34.0. The second kappa shape index (κ2) is 5.05. The molecular weight excluding hydrogens is 196 g/mol. The zero-order chi connectivity index (χ0) is 11.4. The number of Topliss-reactive ketones (excluding diaryl/α,β-unsaturated/α-hetero) is 2. The van der Waals surface area contributed by atoms with Crippen LogP contribution in [-0.4, -0.2) is 24.1 Å². The van der Waals surface area contributed by atoms with Crippen molar-refractivity contribution in [2.24, 2.45) is 11.8 Å². The first-order valence-corrected chi connectivity index (χ1v) is 5.26. The van der Waals surface area contributed by atoms with Gasteiger partial charge in [0.15, 0.2) is 0 Å². The topological polar surface area (TPSA) is 60.4 Å². The van der Waals surface area contributed by atoms with Crippen molar-refractivity contribution in [3.63, 3.8) is 0 Å². The van der Waals surface area contributed by atoms with Crippen LogP contribution in [0.3, 0.4) is 0 Å². The predicted molar refractivity (Wildman–Crippen MR) is 53.2 cm³/mol. The van der Waals surface area contributed by atoms with Gasteiger partial charge in [-0.15, -0.1) is 0 Å². The Hall–Kier alpha value is -1.19. The molecule has 1 fully saturated rings. The maximum absolute atomic E-state index is 11.4. The standard InChI is InChI=1S/C11H16O4/c1-3-15-11(14)8-4-5-10(13)9(6-8)7(2)12/h8-9H,3-6H2,1-2H3/t8-,9-/m0/s1. The first-order chi connectivity index (χ1) is 7.06. The molecule has 1 saturated carbocycles. The fraction of sp³-hybridized carbons (Fsp3) is 0.727. The molecule has 0 aliphatic heterocycles. The summed E-state index contributed by atoms with van der Waals surface area (Å²) in [6, 6.07) is 0. The number of hydrogen-bond donors (Lipinski definition) is 0. The third-order valence-corrected chi connectivity index (χ3v) is 2.76. The van der Waals surface area contributed by atoms with Crippen molar-refractivity contribution in [2.45, 2.75) is 33.1 Å². The molecule has 84 valence electrons. The smallest absolute Gasteiger partial charge is 0.308 e. The summed E-state index contributed by atoms with van der Waals surface area (Å²) in [5, 5.41) is 0. The molecule has 1 rings (SSSR count). The van der Waals surface area contributed by atoms with E-state index in [0.717, 1.165) is 0 Å². The van der Waals surface area contributed by atoms with Crippen LogP contribution in [0.5, 0.6) is 0 Å². The van der Waals surface area contributed by atoms with Crippen LogP contribution in [0.15, 0.2) is 0 Å². The number of ether oxygens (including phenoxy) is 1. The van der Waals surface area contributed by atoms with Crippen LogP contribution >= 0.6 is 0 Å². The van der Waals surface area contributed by atoms with Crippen molar-refractivity contribution < 1.29 is 19.1 Å². The van der Waals surface area contributed by atoms with Crippen molar-refractivity contribution in [1.82, 2.24) is 0 Å². The van der Waals surface area contributed by atoms with Crippen LogP contribution < -0.4 is 0 Å². The zero-order valence-corrected chi connectivity index (χ0v) is 9.12. The van der Waals surface area contributed by atoms with Gasteiger partial charge < -0.3 is 4.74 Å². The van der Waals surface area contributed by atoms with Crippen molar-refractivity contribution in [3.05, 3.63) is 0 Å². The van der Waals surface area contributed by atoms with Crippen LogP contribution in [-0.2, 0) is 19.1 Å². The van der Waals surface area contributed by atoms with E-state index in [1.54, 1.807) is 6.92 Å². The highest BCUT2D eigenvalue weighted by Crippen LogP contribution is 2.28. The highest BCUT2D eigenvalue weighted by molar-refractivity contribution is 6.02. The summed E-state index contributed by atoms with van der Waals surface area (Å²) in [6.45, 7) is 3.48.